The van der Waals surface area contributed by atoms with Crippen LogP contribution in [0.2, 0.25) is 0 Å². The Morgan fingerprint density at radius 3 is 2.83 bits per heavy atom. The lowest BCUT2D eigenvalue weighted by molar-refractivity contribution is -0.137. The minimum atomic E-state index is -2.95. The maximum Gasteiger partial charge on any atom is 0.387 e. The van der Waals surface area contributed by atoms with Crippen LogP contribution in [-0.4, -0.2) is 49.6 Å². The molecule has 1 aromatic carbocycles. The molecule has 1 fully saturated rings. The summed E-state index contributed by atoms with van der Waals surface area (Å²) >= 11 is 1.52. The predicted octanol–water partition coefficient (Wildman–Crippen LogP) is 3.25. The van der Waals surface area contributed by atoms with Gasteiger partial charge in [0, 0.05) is 18.0 Å². The molecule has 2 amide bonds. The van der Waals surface area contributed by atoms with Crippen molar-refractivity contribution in [2.24, 2.45) is 0 Å². The summed E-state index contributed by atoms with van der Waals surface area (Å²) in [6.07, 6.45) is 2.17. The molecule has 1 atom stereocenters. The van der Waals surface area contributed by atoms with Crippen molar-refractivity contribution in [2.75, 3.05) is 20.2 Å². The molecule has 1 aliphatic heterocycles. The van der Waals surface area contributed by atoms with E-state index in [-0.39, 0.29) is 23.3 Å². The number of ether oxygens (including phenoxy) is 2. The first-order chi connectivity index (χ1) is 14.5. The zero-order valence-corrected chi connectivity index (χ0v) is 17.4. The van der Waals surface area contributed by atoms with Crippen molar-refractivity contribution in [3.8, 4) is 11.5 Å². The summed E-state index contributed by atoms with van der Waals surface area (Å²) in [4.78, 5) is 27.8. The standard InChI is InChI=1S/C21H24F2N2O4S/c1-28-17-7-6-14(12-18(17)29-21(22)23)8-9-24-20(27)16-5-2-10-25(16)19(26)13-15-4-3-11-30-15/h3-4,6-7,11-12,16,21H,2,5,8-10,13H2,1H3,(H,24,27). The molecule has 0 aliphatic carbocycles. The fourth-order valence-corrected chi connectivity index (χ4v) is 4.21. The second-order valence-electron chi connectivity index (χ2n) is 6.91. The number of amides is 2. The van der Waals surface area contributed by atoms with Gasteiger partial charge >= 0.3 is 6.61 Å². The molecule has 2 heterocycles. The van der Waals surface area contributed by atoms with Crippen molar-refractivity contribution in [1.29, 1.82) is 0 Å². The minimum absolute atomic E-state index is 0.0426. The first kappa shape index (κ1) is 22.0. The van der Waals surface area contributed by atoms with E-state index in [1.165, 1.54) is 24.5 Å². The third kappa shape index (κ3) is 5.69. The molecule has 1 saturated heterocycles. The molecule has 0 spiro atoms. The van der Waals surface area contributed by atoms with Gasteiger partial charge in [-0.2, -0.15) is 8.78 Å². The zero-order chi connectivity index (χ0) is 21.5. The minimum Gasteiger partial charge on any atom is -0.493 e. The van der Waals surface area contributed by atoms with Gasteiger partial charge in [-0.3, -0.25) is 9.59 Å². The molecule has 9 heteroatoms. The highest BCUT2D eigenvalue weighted by atomic mass is 32.1. The molecule has 1 N–H and O–H groups in total. The maximum atomic E-state index is 12.6. The predicted molar refractivity (Wildman–Crippen MR) is 109 cm³/mol. The number of alkyl halides is 2. The third-order valence-corrected chi connectivity index (χ3v) is 5.81. The van der Waals surface area contributed by atoms with Crippen molar-refractivity contribution in [3.05, 3.63) is 46.2 Å². The van der Waals surface area contributed by atoms with Gasteiger partial charge in [0.2, 0.25) is 11.8 Å². The quantitative estimate of drug-likeness (QED) is 0.653. The number of hydrogen-bond donors (Lipinski definition) is 1. The Bertz CT molecular complexity index is 861. The van der Waals surface area contributed by atoms with Crippen LogP contribution in [0.1, 0.15) is 23.3 Å². The van der Waals surface area contributed by atoms with Crippen molar-refractivity contribution < 1.29 is 27.8 Å². The summed E-state index contributed by atoms with van der Waals surface area (Å²) in [5.41, 5.74) is 0.726. The van der Waals surface area contributed by atoms with E-state index in [0.29, 0.717) is 32.4 Å². The summed E-state index contributed by atoms with van der Waals surface area (Å²) in [6.45, 7) is -2.05. The van der Waals surface area contributed by atoms with Crippen molar-refractivity contribution in [2.45, 2.75) is 38.3 Å². The van der Waals surface area contributed by atoms with E-state index in [0.717, 1.165) is 16.9 Å². The summed E-state index contributed by atoms with van der Waals surface area (Å²) < 4.78 is 34.6. The van der Waals surface area contributed by atoms with Gasteiger partial charge in [-0.25, -0.2) is 0 Å². The van der Waals surface area contributed by atoms with E-state index in [9.17, 15) is 18.4 Å². The molecule has 1 unspecified atom stereocenters. The fraction of sp³-hybridized carbons (Fsp3) is 0.429. The molecular weight excluding hydrogens is 414 g/mol. The molecule has 2 aromatic rings. The number of nitrogens with one attached hydrogen (secondary N) is 1. The van der Waals surface area contributed by atoms with Crippen molar-refractivity contribution in [1.82, 2.24) is 10.2 Å². The largest absolute Gasteiger partial charge is 0.493 e. The van der Waals surface area contributed by atoms with Gasteiger partial charge in [-0.15, -0.1) is 11.3 Å². The Balaban J connectivity index is 1.53. The van der Waals surface area contributed by atoms with Crippen LogP contribution in [-0.2, 0) is 22.4 Å². The van der Waals surface area contributed by atoms with E-state index in [4.69, 9.17) is 4.74 Å². The molecule has 6 nitrogen and oxygen atoms in total. The van der Waals surface area contributed by atoms with E-state index in [1.54, 1.807) is 17.0 Å². The van der Waals surface area contributed by atoms with E-state index in [1.807, 2.05) is 17.5 Å². The van der Waals surface area contributed by atoms with Crippen molar-refractivity contribution in [3.63, 3.8) is 0 Å². The van der Waals surface area contributed by atoms with Gasteiger partial charge in [-0.1, -0.05) is 12.1 Å². The van der Waals surface area contributed by atoms with Gasteiger partial charge in [-0.05, 0) is 48.4 Å². The molecule has 3 rings (SSSR count). The van der Waals surface area contributed by atoms with Crippen molar-refractivity contribution >= 4 is 23.2 Å². The zero-order valence-electron chi connectivity index (χ0n) is 16.6. The molecule has 162 valence electrons. The molecule has 30 heavy (non-hydrogen) atoms. The number of thiophene rings is 1. The number of benzene rings is 1. The van der Waals surface area contributed by atoms with Crippen LogP contribution < -0.4 is 14.8 Å². The molecule has 0 bridgehead atoms. The van der Waals surface area contributed by atoms with Gasteiger partial charge in [0.05, 0.1) is 13.5 Å². The van der Waals surface area contributed by atoms with E-state index in [2.05, 4.69) is 10.1 Å². The number of likely N-dealkylation sites (tertiary alicyclic amines) is 1. The average Bonchev–Trinajstić information content (AvgIpc) is 3.39. The summed E-state index contributed by atoms with van der Waals surface area (Å²) in [5.74, 6) is -0.0601. The molecular formula is C21H24F2N2O4S. The van der Waals surface area contributed by atoms with Gasteiger partial charge in [0.1, 0.15) is 6.04 Å². The lowest BCUT2D eigenvalue weighted by atomic mass is 10.1. The smallest absolute Gasteiger partial charge is 0.387 e. The van der Waals surface area contributed by atoms with Crippen LogP contribution in [0, 0.1) is 0 Å². The number of methoxy groups -OCH3 is 1. The average molecular weight is 438 g/mol. The second kappa shape index (κ2) is 10.4. The van der Waals surface area contributed by atoms with E-state index < -0.39 is 12.7 Å². The number of nitrogens with zero attached hydrogens (tertiary/aromatic N) is 1. The first-order valence-electron chi connectivity index (χ1n) is 9.69. The number of rotatable bonds is 9. The first-order valence-corrected chi connectivity index (χ1v) is 10.6. The lowest BCUT2D eigenvalue weighted by Crippen LogP contribution is -2.46. The van der Waals surface area contributed by atoms with Crippen LogP contribution in [0.4, 0.5) is 8.78 Å². The fourth-order valence-electron chi connectivity index (χ4n) is 3.51. The van der Waals surface area contributed by atoms with Crippen LogP contribution >= 0.6 is 11.3 Å². The van der Waals surface area contributed by atoms with Crippen LogP contribution in [0.5, 0.6) is 11.5 Å². The Hall–Kier alpha value is -2.68. The Morgan fingerprint density at radius 2 is 2.13 bits per heavy atom. The van der Waals surface area contributed by atoms with Gasteiger partial charge in [0.25, 0.3) is 0 Å². The third-order valence-electron chi connectivity index (χ3n) is 4.94. The Labute approximate surface area is 177 Å². The van der Waals surface area contributed by atoms with Crippen LogP contribution in [0.3, 0.4) is 0 Å². The summed E-state index contributed by atoms with van der Waals surface area (Å²) in [5, 5.41) is 4.78. The summed E-state index contributed by atoms with van der Waals surface area (Å²) in [6, 6.07) is 8.11. The van der Waals surface area contributed by atoms with Gasteiger partial charge in [0.15, 0.2) is 11.5 Å². The highest BCUT2D eigenvalue weighted by Gasteiger charge is 2.33. The molecule has 0 saturated carbocycles. The van der Waals surface area contributed by atoms with E-state index >= 15 is 0 Å². The summed E-state index contributed by atoms with van der Waals surface area (Å²) in [7, 11) is 1.38. The van der Waals surface area contributed by atoms with Crippen LogP contribution in [0.15, 0.2) is 35.7 Å². The Kier molecular flexibility index (Phi) is 7.62. The highest BCUT2D eigenvalue weighted by Crippen LogP contribution is 2.29. The molecule has 1 aliphatic rings. The highest BCUT2D eigenvalue weighted by molar-refractivity contribution is 7.10. The van der Waals surface area contributed by atoms with Gasteiger partial charge < -0.3 is 19.7 Å². The van der Waals surface area contributed by atoms with Crippen LogP contribution in [0.25, 0.3) is 0 Å². The second-order valence-corrected chi connectivity index (χ2v) is 7.94. The maximum absolute atomic E-state index is 12.6. The normalized spacial score (nSPS) is 16.0. The number of carbonyl (C=O) groups excluding carboxylic acids is 2. The number of carbonyl (C=O) groups is 2. The molecule has 1 aromatic heterocycles. The number of halogens is 2. The number of hydrogen-bond acceptors (Lipinski definition) is 5. The SMILES string of the molecule is COc1ccc(CCNC(=O)C2CCCN2C(=O)Cc2cccs2)cc1OC(F)F. The topological polar surface area (TPSA) is 67.9 Å². The molecule has 0 radical (unpaired) electrons. The monoisotopic (exact) mass is 438 g/mol. The lowest BCUT2D eigenvalue weighted by Gasteiger charge is -2.24. The Morgan fingerprint density at radius 1 is 1.30 bits per heavy atom.